The highest BCUT2D eigenvalue weighted by molar-refractivity contribution is 7.89. The van der Waals surface area contributed by atoms with Crippen molar-refractivity contribution in [3.63, 3.8) is 0 Å². The third-order valence-electron chi connectivity index (χ3n) is 4.62. The molecule has 1 N–H and O–H groups in total. The quantitative estimate of drug-likeness (QED) is 0.753. The minimum absolute atomic E-state index is 0.0661. The summed E-state index contributed by atoms with van der Waals surface area (Å²) >= 11 is 1.59. The van der Waals surface area contributed by atoms with Gasteiger partial charge in [0.05, 0.1) is 6.04 Å². The van der Waals surface area contributed by atoms with Crippen LogP contribution in [0.4, 0.5) is 0 Å². The molecule has 0 bridgehead atoms. The maximum atomic E-state index is 12.7. The average molecular weight is 399 g/mol. The Bertz CT molecular complexity index is 986. The van der Waals surface area contributed by atoms with Gasteiger partial charge in [-0.05, 0) is 37.4 Å². The Kier molecular flexibility index (Phi) is 5.47. The summed E-state index contributed by atoms with van der Waals surface area (Å²) in [5.41, 5.74) is -1.39. The Hall–Kier alpha value is -1.75. The molecule has 8 nitrogen and oxygen atoms in total. The number of hydrogen-bond donors (Lipinski definition) is 1. The van der Waals surface area contributed by atoms with Gasteiger partial charge in [0.25, 0.3) is 5.56 Å². The first-order valence-corrected chi connectivity index (χ1v) is 10.7. The Morgan fingerprint density at radius 1 is 1.23 bits per heavy atom. The van der Waals surface area contributed by atoms with Crippen molar-refractivity contribution in [2.24, 2.45) is 14.1 Å². The number of thiophene rings is 1. The molecule has 3 heterocycles. The molecule has 2 aromatic rings. The molecule has 0 saturated carbocycles. The van der Waals surface area contributed by atoms with Crippen molar-refractivity contribution in [1.29, 1.82) is 0 Å². The Balaban J connectivity index is 1.87. The SMILES string of the molecule is Cn1cc(S(=O)(=O)NCC(c2cccs2)N2CCCC2)c(=O)n(C)c1=O. The molecule has 0 amide bonds. The molecular formula is C16H22N4O4S2. The van der Waals surface area contributed by atoms with Crippen molar-refractivity contribution in [3.8, 4) is 0 Å². The van der Waals surface area contributed by atoms with Crippen LogP contribution in [0.15, 0.2) is 38.2 Å². The maximum absolute atomic E-state index is 12.7. The van der Waals surface area contributed by atoms with Crippen LogP contribution in [-0.4, -0.2) is 42.1 Å². The zero-order valence-corrected chi connectivity index (χ0v) is 16.3. The van der Waals surface area contributed by atoms with Crippen molar-refractivity contribution in [2.45, 2.75) is 23.8 Å². The predicted octanol–water partition coefficient (Wildman–Crippen LogP) is 0.261. The van der Waals surface area contributed by atoms with Crippen molar-refractivity contribution in [2.75, 3.05) is 19.6 Å². The van der Waals surface area contributed by atoms with E-state index in [0.29, 0.717) is 0 Å². The molecule has 0 aliphatic carbocycles. The fourth-order valence-electron chi connectivity index (χ4n) is 3.17. The molecule has 1 aliphatic heterocycles. The molecule has 10 heteroatoms. The smallest absolute Gasteiger partial charge is 0.302 e. The highest BCUT2D eigenvalue weighted by atomic mass is 32.2. The number of aryl methyl sites for hydroxylation is 1. The third kappa shape index (κ3) is 3.68. The van der Waals surface area contributed by atoms with Crippen LogP contribution in [0.5, 0.6) is 0 Å². The number of hydrogen-bond acceptors (Lipinski definition) is 6. The molecule has 26 heavy (non-hydrogen) atoms. The largest absolute Gasteiger partial charge is 0.330 e. The van der Waals surface area contributed by atoms with Crippen LogP contribution < -0.4 is 16.0 Å². The van der Waals surface area contributed by atoms with Gasteiger partial charge in [-0.1, -0.05) is 6.07 Å². The molecule has 2 aromatic heterocycles. The van der Waals surface area contributed by atoms with E-state index in [9.17, 15) is 18.0 Å². The standard InChI is InChI=1S/C16H22N4O4S2/c1-18-11-14(15(21)19(2)16(18)22)26(23,24)17-10-12(13-6-5-9-25-13)20-7-3-4-8-20/h5-6,9,11-12,17H,3-4,7-8,10H2,1-2H3. The van der Waals surface area contributed by atoms with E-state index >= 15 is 0 Å². The second-order valence-corrected chi connectivity index (χ2v) is 9.09. The van der Waals surface area contributed by atoms with Crippen LogP contribution in [0, 0.1) is 0 Å². The molecule has 1 fully saturated rings. The number of nitrogens with one attached hydrogen (secondary N) is 1. The van der Waals surface area contributed by atoms with Gasteiger partial charge in [0.2, 0.25) is 10.0 Å². The van der Waals surface area contributed by atoms with Gasteiger partial charge in [-0.25, -0.2) is 17.9 Å². The Morgan fingerprint density at radius 3 is 2.54 bits per heavy atom. The molecule has 1 atom stereocenters. The van der Waals surface area contributed by atoms with Gasteiger partial charge in [-0.2, -0.15) is 0 Å². The molecule has 0 aromatic carbocycles. The van der Waals surface area contributed by atoms with E-state index in [-0.39, 0.29) is 12.6 Å². The summed E-state index contributed by atoms with van der Waals surface area (Å²) in [6.07, 6.45) is 3.26. The van der Waals surface area contributed by atoms with Crippen LogP contribution in [0.3, 0.4) is 0 Å². The average Bonchev–Trinajstić information content (AvgIpc) is 3.30. The fourth-order valence-corrected chi connectivity index (χ4v) is 5.23. The first-order chi connectivity index (χ1) is 12.3. The summed E-state index contributed by atoms with van der Waals surface area (Å²) in [7, 11) is -1.35. The minimum Gasteiger partial charge on any atom is -0.302 e. The first kappa shape index (κ1) is 19.0. The first-order valence-electron chi connectivity index (χ1n) is 8.35. The molecule has 1 saturated heterocycles. The van der Waals surface area contributed by atoms with E-state index in [4.69, 9.17) is 0 Å². The molecule has 3 rings (SSSR count). The van der Waals surface area contributed by atoms with Crippen molar-refractivity contribution in [1.82, 2.24) is 18.8 Å². The van der Waals surface area contributed by atoms with Gasteiger partial charge in [-0.3, -0.25) is 14.3 Å². The van der Waals surface area contributed by atoms with Crippen molar-refractivity contribution in [3.05, 3.63) is 49.4 Å². The predicted molar refractivity (Wildman–Crippen MR) is 100.0 cm³/mol. The molecular weight excluding hydrogens is 376 g/mol. The lowest BCUT2D eigenvalue weighted by atomic mass is 10.2. The van der Waals surface area contributed by atoms with E-state index in [1.165, 1.54) is 14.1 Å². The maximum Gasteiger partial charge on any atom is 0.330 e. The van der Waals surface area contributed by atoms with Gasteiger partial charge in [0.15, 0.2) is 4.90 Å². The molecule has 0 spiro atoms. The van der Waals surface area contributed by atoms with Crippen LogP contribution in [0.1, 0.15) is 23.8 Å². The van der Waals surface area contributed by atoms with Gasteiger partial charge in [-0.15, -0.1) is 11.3 Å². The van der Waals surface area contributed by atoms with Crippen molar-refractivity contribution >= 4 is 21.4 Å². The summed E-state index contributed by atoms with van der Waals surface area (Å²) < 4.78 is 29.9. The number of sulfonamides is 1. The minimum atomic E-state index is -4.03. The summed E-state index contributed by atoms with van der Waals surface area (Å²) in [5.74, 6) is 0. The van der Waals surface area contributed by atoms with E-state index in [2.05, 4.69) is 9.62 Å². The summed E-state index contributed by atoms with van der Waals surface area (Å²) in [6.45, 7) is 2.02. The molecule has 1 unspecified atom stereocenters. The van der Waals surface area contributed by atoms with Crippen LogP contribution in [0.25, 0.3) is 0 Å². The van der Waals surface area contributed by atoms with Crippen molar-refractivity contribution < 1.29 is 8.42 Å². The summed E-state index contributed by atoms with van der Waals surface area (Å²) in [4.78, 5) is 26.9. The van der Waals surface area contributed by atoms with Gasteiger partial charge < -0.3 is 4.57 Å². The third-order valence-corrected chi connectivity index (χ3v) is 7.00. The van der Waals surface area contributed by atoms with E-state index < -0.39 is 26.2 Å². The fraction of sp³-hybridized carbons (Fsp3) is 0.500. The molecule has 0 radical (unpaired) electrons. The normalized spacial score (nSPS) is 16.8. The highest BCUT2D eigenvalue weighted by Gasteiger charge is 2.28. The zero-order valence-electron chi connectivity index (χ0n) is 14.7. The number of likely N-dealkylation sites (tertiary alicyclic amines) is 1. The number of nitrogens with zero attached hydrogens (tertiary/aromatic N) is 3. The van der Waals surface area contributed by atoms with Crippen LogP contribution >= 0.6 is 11.3 Å². The number of rotatable bonds is 6. The second kappa shape index (κ2) is 7.47. The monoisotopic (exact) mass is 398 g/mol. The number of aromatic nitrogens is 2. The Morgan fingerprint density at radius 2 is 1.92 bits per heavy atom. The molecule has 142 valence electrons. The van der Waals surface area contributed by atoms with Gasteiger partial charge in [0, 0.05) is 31.7 Å². The summed E-state index contributed by atoms with van der Waals surface area (Å²) in [6, 6.07) is 3.87. The lowest BCUT2D eigenvalue weighted by molar-refractivity contribution is 0.250. The summed E-state index contributed by atoms with van der Waals surface area (Å²) in [5, 5.41) is 1.97. The van der Waals surface area contributed by atoms with E-state index in [0.717, 1.165) is 46.1 Å². The van der Waals surface area contributed by atoms with Gasteiger partial charge in [0.1, 0.15) is 0 Å². The van der Waals surface area contributed by atoms with E-state index in [1.807, 2.05) is 17.5 Å². The molecule has 1 aliphatic rings. The lowest BCUT2D eigenvalue weighted by Crippen LogP contribution is -2.43. The lowest BCUT2D eigenvalue weighted by Gasteiger charge is -2.26. The van der Waals surface area contributed by atoms with Crippen LogP contribution in [0.2, 0.25) is 0 Å². The highest BCUT2D eigenvalue weighted by Crippen LogP contribution is 2.28. The van der Waals surface area contributed by atoms with Crippen LogP contribution in [-0.2, 0) is 24.1 Å². The topological polar surface area (TPSA) is 93.4 Å². The zero-order chi connectivity index (χ0) is 18.9. The van der Waals surface area contributed by atoms with E-state index in [1.54, 1.807) is 11.3 Å². The van der Waals surface area contributed by atoms with Gasteiger partial charge >= 0.3 is 5.69 Å². The second-order valence-electron chi connectivity index (χ2n) is 6.38. The Labute approximate surface area is 155 Å².